The monoisotopic (exact) mass is 417 g/mol. The van der Waals surface area contributed by atoms with Gasteiger partial charge in [-0.25, -0.2) is 4.39 Å². The van der Waals surface area contributed by atoms with E-state index in [-0.39, 0.29) is 11.8 Å². The fourth-order valence-electron chi connectivity index (χ4n) is 1.99. The molecule has 2 aromatic rings. The van der Waals surface area contributed by atoms with Crippen LogP contribution in [-0.2, 0) is 6.42 Å². The van der Waals surface area contributed by atoms with E-state index in [1.807, 2.05) is 6.07 Å². The zero-order chi connectivity index (χ0) is 15.4. The van der Waals surface area contributed by atoms with Crippen molar-refractivity contribution in [3.8, 4) is 5.75 Å². The van der Waals surface area contributed by atoms with Gasteiger partial charge in [0.15, 0.2) is 11.6 Å². The predicted molar refractivity (Wildman–Crippen MR) is 86.4 cm³/mol. The topological polar surface area (TPSA) is 60.2 Å². The molecular weight excluding hydrogens is 405 g/mol. The van der Waals surface area contributed by atoms with Gasteiger partial charge in [-0.05, 0) is 62.0 Å². The molecule has 21 heavy (non-hydrogen) atoms. The van der Waals surface area contributed by atoms with Gasteiger partial charge in [-0.1, -0.05) is 6.07 Å². The van der Waals surface area contributed by atoms with E-state index in [9.17, 15) is 4.39 Å². The van der Waals surface area contributed by atoms with Crippen molar-refractivity contribution < 1.29 is 9.13 Å². The highest BCUT2D eigenvalue weighted by Gasteiger charge is 2.16. The van der Waals surface area contributed by atoms with Gasteiger partial charge in [0.2, 0.25) is 0 Å². The third-order valence-electron chi connectivity index (χ3n) is 3.02. The summed E-state index contributed by atoms with van der Waals surface area (Å²) in [6.45, 7) is 0. The molecule has 0 fully saturated rings. The molecule has 7 heteroatoms. The van der Waals surface area contributed by atoms with Crippen molar-refractivity contribution in [3.05, 3.63) is 56.5 Å². The molecule has 0 bridgehead atoms. The molecule has 0 saturated heterocycles. The van der Waals surface area contributed by atoms with Crippen molar-refractivity contribution >= 4 is 31.9 Å². The molecule has 3 N–H and O–H groups in total. The lowest BCUT2D eigenvalue weighted by Crippen LogP contribution is -2.30. The molecule has 2 rings (SSSR count). The molecule has 1 atom stereocenters. The minimum Gasteiger partial charge on any atom is -0.494 e. The highest BCUT2D eigenvalue weighted by Crippen LogP contribution is 2.27. The number of nitrogens with one attached hydrogen (secondary N) is 1. The van der Waals surface area contributed by atoms with Crippen LogP contribution in [0.3, 0.4) is 0 Å². The van der Waals surface area contributed by atoms with E-state index in [0.717, 1.165) is 20.2 Å². The minimum atomic E-state index is -0.395. The molecule has 0 amide bonds. The Balaban J connectivity index is 2.24. The third kappa shape index (κ3) is 4.00. The van der Waals surface area contributed by atoms with Crippen LogP contribution in [-0.4, -0.2) is 12.1 Å². The second-order valence-electron chi connectivity index (χ2n) is 4.41. The van der Waals surface area contributed by atoms with Crippen molar-refractivity contribution in [2.75, 3.05) is 7.11 Å². The van der Waals surface area contributed by atoms with Gasteiger partial charge in [-0.3, -0.25) is 16.3 Å². The molecule has 0 saturated carbocycles. The van der Waals surface area contributed by atoms with E-state index in [0.29, 0.717) is 6.42 Å². The van der Waals surface area contributed by atoms with E-state index in [1.165, 1.54) is 13.2 Å². The Labute approximate surface area is 139 Å². The van der Waals surface area contributed by atoms with Crippen LogP contribution in [0, 0.1) is 5.82 Å². The molecule has 0 aliphatic rings. The van der Waals surface area contributed by atoms with Crippen LogP contribution in [0.25, 0.3) is 0 Å². The average molecular weight is 419 g/mol. The number of ether oxygens (including phenoxy) is 1. The SMILES string of the molecule is COc1ccc(CC(NN)c2ncc(Br)cc2Br)cc1F. The van der Waals surface area contributed by atoms with Crippen molar-refractivity contribution in [1.29, 1.82) is 0 Å². The van der Waals surface area contributed by atoms with Gasteiger partial charge in [-0.2, -0.15) is 0 Å². The van der Waals surface area contributed by atoms with Crippen LogP contribution < -0.4 is 16.0 Å². The molecule has 0 aliphatic carbocycles. The molecule has 0 spiro atoms. The summed E-state index contributed by atoms with van der Waals surface area (Å²) in [7, 11) is 1.44. The van der Waals surface area contributed by atoms with Crippen LogP contribution in [0.2, 0.25) is 0 Å². The van der Waals surface area contributed by atoms with Crippen molar-refractivity contribution in [2.45, 2.75) is 12.5 Å². The number of rotatable bonds is 5. The number of hydrazine groups is 1. The van der Waals surface area contributed by atoms with Gasteiger partial charge in [-0.15, -0.1) is 0 Å². The number of hydrogen-bond donors (Lipinski definition) is 2. The summed E-state index contributed by atoms with van der Waals surface area (Å²) in [5, 5.41) is 0. The number of benzene rings is 1. The molecule has 0 aliphatic heterocycles. The summed E-state index contributed by atoms with van der Waals surface area (Å²) in [4.78, 5) is 4.35. The summed E-state index contributed by atoms with van der Waals surface area (Å²) in [5.74, 6) is 5.44. The highest BCUT2D eigenvalue weighted by atomic mass is 79.9. The summed E-state index contributed by atoms with van der Waals surface area (Å²) in [5.41, 5.74) is 4.27. The lowest BCUT2D eigenvalue weighted by atomic mass is 10.0. The lowest BCUT2D eigenvalue weighted by molar-refractivity contribution is 0.386. The van der Waals surface area contributed by atoms with Crippen LogP contribution in [0.4, 0.5) is 4.39 Å². The molecule has 1 unspecified atom stereocenters. The number of aromatic nitrogens is 1. The first-order chi connectivity index (χ1) is 10.0. The number of nitrogens with two attached hydrogens (primary N) is 1. The average Bonchev–Trinajstić information content (AvgIpc) is 2.45. The molecule has 1 aromatic carbocycles. The van der Waals surface area contributed by atoms with Gasteiger partial charge in [0.1, 0.15) is 0 Å². The lowest BCUT2D eigenvalue weighted by Gasteiger charge is -2.17. The fraction of sp³-hybridized carbons (Fsp3) is 0.214. The first kappa shape index (κ1) is 16.4. The molecule has 1 heterocycles. The van der Waals surface area contributed by atoms with Crippen molar-refractivity contribution in [3.63, 3.8) is 0 Å². The summed E-state index contributed by atoms with van der Waals surface area (Å²) >= 11 is 6.81. The molecule has 112 valence electrons. The van der Waals surface area contributed by atoms with E-state index in [2.05, 4.69) is 42.3 Å². The molecular formula is C14H14Br2FN3O. The highest BCUT2D eigenvalue weighted by molar-refractivity contribution is 9.11. The Hall–Kier alpha value is -1.02. The van der Waals surface area contributed by atoms with E-state index < -0.39 is 5.82 Å². The van der Waals surface area contributed by atoms with E-state index in [1.54, 1.807) is 18.3 Å². The zero-order valence-electron chi connectivity index (χ0n) is 11.2. The first-order valence-electron chi connectivity index (χ1n) is 6.14. The van der Waals surface area contributed by atoms with E-state index in [4.69, 9.17) is 10.6 Å². The molecule has 1 aromatic heterocycles. The largest absolute Gasteiger partial charge is 0.494 e. The maximum atomic E-state index is 13.7. The van der Waals surface area contributed by atoms with Crippen LogP contribution >= 0.6 is 31.9 Å². The standard InChI is InChI=1S/C14H14Br2FN3O/c1-21-13-3-2-8(4-11(13)17)5-12(20-18)14-10(16)6-9(15)7-19-14/h2-4,6-7,12,20H,5,18H2,1H3. The number of halogens is 3. The Bertz CT molecular complexity index is 640. The first-order valence-corrected chi connectivity index (χ1v) is 7.73. The van der Waals surface area contributed by atoms with Crippen LogP contribution in [0.1, 0.15) is 17.3 Å². The summed E-state index contributed by atoms with van der Waals surface area (Å²) < 4.78 is 20.3. The normalized spacial score (nSPS) is 12.2. The number of pyridine rings is 1. The number of methoxy groups -OCH3 is 1. The fourth-order valence-corrected chi connectivity index (χ4v) is 3.25. The number of hydrogen-bond acceptors (Lipinski definition) is 4. The maximum absolute atomic E-state index is 13.7. The summed E-state index contributed by atoms with van der Waals surface area (Å²) in [6, 6.07) is 6.50. The second-order valence-corrected chi connectivity index (χ2v) is 6.18. The van der Waals surface area contributed by atoms with Gasteiger partial charge in [0.25, 0.3) is 0 Å². The molecule has 4 nitrogen and oxygen atoms in total. The van der Waals surface area contributed by atoms with Gasteiger partial charge in [0.05, 0.1) is 18.8 Å². The maximum Gasteiger partial charge on any atom is 0.165 e. The van der Waals surface area contributed by atoms with Gasteiger partial charge < -0.3 is 4.74 Å². The molecule has 0 radical (unpaired) electrons. The van der Waals surface area contributed by atoms with Crippen LogP contribution in [0.15, 0.2) is 39.4 Å². The Morgan fingerprint density at radius 1 is 1.38 bits per heavy atom. The minimum absolute atomic E-state index is 0.221. The summed E-state index contributed by atoms with van der Waals surface area (Å²) in [6.07, 6.45) is 2.20. The Morgan fingerprint density at radius 2 is 2.14 bits per heavy atom. The predicted octanol–water partition coefficient (Wildman–Crippen LogP) is 3.50. The van der Waals surface area contributed by atoms with Gasteiger partial charge in [0, 0.05) is 15.1 Å². The third-order valence-corrected chi connectivity index (χ3v) is 4.09. The van der Waals surface area contributed by atoms with Crippen LogP contribution in [0.5, 0.6) is 5.75 Å². The Morgan fingerprint density at radius 3 is 2.71 bits per heavy atom. The second kappa shape index (κ2) is 7.31. The van der Waals surface area contributed by atoms with E-state index >= 15 is 0 Å². The van der Waals surface area contributed by atoms with Crippen molar-refractivity contribution in [1.82, 2.24) is 10.4 Å². The zero-order valence-corrected chi connectivity index (χ0v) is 14.4. The smallest absolute Gasteiger partial charge is 0.165 e. The number of nitrogens with zero attached hydrogens (tertiary/aromatic N) is 1. The van der Waals surface area contributed by atoms with Gasteiger partial charge >= 0.3 is 0 Å². The quantitative estimate of drug-likeness (QED) is 0.576. The van der Waals surface area contributed by atoms with Crippen molar-refractivity contribution in [2.24, 2.45) is 5.84 Å². The Kier molecular flexibility index (Phi) is 5.69.